The summed E-state index contributed by atoms with van der Waals surface area (Å²) in [7, 11) is 1.73. The molecule has 2 aromatic heterocycles. The average Bonchev–Trinajstić information content (AvgIpc) is 3.67. The molecule has 0 spiro atoms. The molecular weight excluding hydrogens is 562 g/mol. The van der Waals surface area contributed by atoms with E-state index in [1.54, 1.807) is 36.2 Å². The first-order valence-electron chi connectivity index (χ1n) is 13.7. The van der Waals surface area contributed by atoms with Gasteiger partial charge < -0.3 is 19.7 Å². The zero-order valence-electron chi connectivity index (χ0n) is 23.8. The van der Waals surface area contributed by atoms with Crippen LogP contribution in [0.2, 0.25) is 0 Å². The second-order valence-corrected chi connectivity index (χ2v) is 11.2. The minimum atomic E-state index is -1.25. The topological polar surface area (TPSA) is 121 Å². The molecule has 1 unspecified atom stereocenters. The molecule has 0 fully saturated rings. The van der Waals surface area contributed by atoms with E-state index in [-0.39, 0.29) is 30.5 Å². The van der Waals surface area contributed by atoms with E-state index in [1.807, 2.05) is 85.1 Å². The summed E-state index contributed by atoms with van der Waals surface area (Å²) in [6.45, 7) is 2.32. The minimum absolute atomic E-state index is 0.124. The third-order valence-electron chi connectivity index (χ3n) is 6.85. The summed E-state index contributed by atoms with van der Waals surface area (Å²) in [5, 5.41) is 24.0. The molecule has 9 nitrogen and oxygen atoms in total. The first kappa shape index (κ1) is 29.4. The van der Waals surface area contributed by atoms with Crippen LogP contribution in [0.1, 0.15) is 44.5 Å². The molecule has 0 aliphatic carbocycles. The fourth-order valence-corrected chi connectivity index (χ4v) is 5.61. The minimum Gasteiger partial charge on any atom is -0.465 e. The van der Waals surface area contributed by atoms with Gasteiger partial charge in [-0.05, 0) is 42.7 Å². The largest absolute Gasteiger partial charge is 0.465 e. The molecule has 1 atom stereocenters. The van der Waals surface area contributed by atoms with Crippen LogP contribution in [0.15, 0.2) is 101 Å². The second-order valence-electron chi connectivity index (χ2n) is 10.2. The van der Waals surface area contributed by atoms with E-state index in [9.17, 15) is 14.7 Å². The molecule has 0 aliphatic rings. The summed E-state index contributed by atoms with van der Waals surface area (Å²) in [6, 6.07) is 26.2. The Morgan fingerprint density at radius 1 is 1.02 bits per heavy atom. The van der Waals surface area contributed by atoms with Gasteiger partial charge in [0.2, 0.25) is 11.8 Å². The standard InChI is InChI=1S/C33H31N5O4S/c1-23-22-43-28(34-23)21-38(2)30(39)27-17-9-16-26(19-27)29-36-37-31(42-29)33(35-32(40)41,20-25-13-7-4-8-14-25)18-10-15-24-11-5-3-6-12-24/h3-17,19,22,35H,18,20-21H2,1-2H3,(H,40,41)/b15-10+. The van der Waals surface area contributed by atoms with Gasteiger partial charge in [-0.1, -0.05) is 78.9 Å². The Hall–Kier alpha value is -5.09. The van der Waals surface area contributed by atoms with Crippen LogP contribution in [0.5, 0.6) is 0 Å². The highest BCUT2D eigenvalue weighted by Gasteiger charge is 2.39. The van der Waals surface area contributed by atoms with Crippen LogP contribution in [0.25, 0.3) is 17.5 Å². The highest BCUT2D eigenvalue weighted by molar-refractivity contribution is 7.09. The van der Waals surface area contributed by atoms with Gasteiger partial charge in [0.05, 0.1) is 6.54 Å². The Morgan fingerprint density at radius 3 is 2.47 bits per heavy atom. The van der Waals surface area contributed by atoms with Crippen LogP contribution in [0.4, 0.5) is 4.79 Å². The fourth-order valence-electron chi connectivity index (χ4n) is 4.78. The first-order valence-corrected chi connectivity index (χ1v) is 14.6. The average molecular weight is 594 g/mol. The summed E-state index contributed by atoms with van der Waals surface area (Å²) in [6.07, 6.45) is 3.15. The number of carbonyl (C=O) groups excluding carboxylic acids is 1. The number of carboxylic acid groups (broad SMARTS) is 1. The van der Waals surface area contributed by atoms with Crippen LogP contribution in [0, 0.1) is 6.92 Å². The number of nitrogens with one attached hydrogen (secondary N) is 1. The zero-order valence-corrected chi connectivity index (χ0v) is 24.6. The van der Waals surface area contributed by atoms with Crippen molar-refractivity contribution in [2.75, 3.05) is 7.05 Å². The highest BCUT2D eigenvalue weighted by Crippen LogP contribution is 2.32. The molecule has 5 rings (SSSR count). The van der Waals surface area contributed by atoms with Gasteiger partial charge in [-0.15, -0.1) is 21.5 Å². The van der Waals surface area contributed by atoms with Crippen LogP contribution in [0.3, 0.4) is 0 Å². The van der Waals surface area contributed by atoms with Crippen LogP contribution in [-0.4, -0.2) is 44.2 Å². The smallest absolute Gasteiger partial charge is 0.405 e. The summed E-state index contributed by atoms with van der Waals surface area (Å²) in [5.41, 5.74) is 2.56. The van der Waals surface area contributed by atoms with Crippen molar-refractivity contribution in [2.24, 2.45) is 0 Å². The summed E-state index contributed by atoms with van der Waals surface area (Å²) in [5.74, 6) is 0.130. The Bertz CT molecular complexity index is 1720. The van der Waals surface area contributed by atoms with E-state index in [2.05, 4.69) is 20.5 Å². The number of hydrogen-bond donors (Lipinski definition) is 2. The number of carbonyl (C=O) groups is 2. The van der Waals surface area contributed by atoms with Crippen LogP contribution in [-0.2, 0) is 18.5 Å². The lowest BCUT2D eigenvalue weighted by Gasteiger charge is -2.29. The van der Waals surface area contributed by atoms with Gasteiger partial charge in [-0.3, -0.25) is 4.79 Å². The van der Waals surface area contributed by atoms with E-state index < -0.39 is 11.6 Å². The molecule has 3 aromatic carbocycles. The second kappa shape index (κ2) is 13.3. The van der Waals surface area contributed by atoms with E-state index >= 15 is 0 Å². The maximum Gasteiger partial charge on any atom is 0.405 e. The van der Waals surface area contributed by atoms with Crippen LogP contribution >= 0.6 is 11.3 Å². The Labute approximate surface area is 253 Å². The number of aryl methyl sites for hydroxylation is 1. The lowest BCUT2D eigenvalue weighted by Crippen LogP contribution is -2.47. The van der Waals surface area contributed by atoms with Crippen molar-refractivity contribution in [2.45, 2.75) is 31.8 Å². The van der Waals surface area contributed by atoms with Crippen LogP contribution < -0.4 is 5.32 Å². The third kappa shape index (κ3) is 7.41. The van der Waals surface area contributed by atoms with E-state index in [1.165, 1.54) is 11.3 Å². The maximum atomic E-state index is 13.2. The van der Waals surface area contributed by atoms with Crippen molar-refractivity contribution >= 4 is 29.4 Å². The predicted molar refractivity (Wildman–Crippen MR) is 165 cm³/mol. The zero-order chi connectivity index (χ0) is 30.2. The number of aromatic nitrogens is 3. The van der Waals surface area contributed by atoms with Gasteiger partial charge in [0.15, 0.2) is 0 Å². The quantitative estimate of drug-likeness (QED) is 0.177. The molecule has 0 saturated heterocycles. The van der Waals surface area contributed by atoms with Crippen molar-refractivity contribution in [3.63, 3.8) is 0 Å². The van der Waals surface area contributed by atoms with Gasteiger partial charge in [0, 0.05) is 35.7 Å². The van der Waals surface area contributed by atoms with E-state index in [4.69, 9.17) is 4.42 Å². The number of hydrogen-bond acceptors (Lipinski definition) is 7. The van der Waals surface area contributed by atoms with E-state index in [0.29, 0.717) is 17.7 Å². The molecule has 43 heavy (non-hydrogen) atoms. The number of thiazole rings is 1. The predicted octanol–water partition coefficient (Wildman–Crippen LogP) is 6.58. The fraction of sp³-hybridized carbons (Fsp3) is 0.182. The lowest BCUT2D eigenvalue weighted by atomic mass is 9.87. The number of rotatable bonds is 11. The van der Waals surface area contributed by atoms with E-state index in [0.717, 1.165) is 21.8 Å². The number of nitrogens with zero attached hydrogens (tertiary/aromatic N) is 4. The highest BCUT2D eigenvalue weighted by atomic mass is 32.1. The Morgan fingerprint density at radius 2 is 1.77 bits per heavy atom. The van der Waals surface area contributed by atoms with Crippen molar-refractivity contribution in [1.29, 1.82) is 0 Å². The van der Waals surface area contributed by atoms with Crippen molar-refractivity contribution in [1.82, 2.24) is 25.4 Å². The summed E-state index contributed by atoms with van der Waals surface area (Å²) < 4.78 is 6.19. The summed E-state index contributed by atoms with van der Waals surface area (Å²) in [4.78, 5) is 31.4. The number of amides is 2. The molecule has 2 heterocycles. The molecule has 0 saturated carbocycles. The van der Waals surface area contributed by atoms with Gasteiger partial charge in [-0.2, -0.15) is 0 Å². The normalized spacial score (nSPS) is 12.6. The van der Waals surface area contributed by atoms with Crippen molar-refractivity contribution in [3.05, 3.63) is 130 Å². The monoisotopic (exact) mass is 593 g/mol. The van der Waals surface area contributed by atoms with Gasteiger partial charge in [0.25, 0.3) is 5.91 Å². The van der Waals surface area contributed by atoms with Gasteiger partial charge >= 0.3 is 6.09 Å². The molecule has 0 aliphatic heterocycles. The Kier molecular flexibility index (Phi) is 9.07. The van der Waals surface area contributed by atoms with Crippen molar-refractivity contribution < 1.29 is 19.1 Å². The third-order valence-corrected chi connectivity index (χ3v) is 7.80. The molecular formula is C33H31N5O4S. The first-order chi connectivity index (χ1) is 20.8. The molecule has 5 aromatic rings. The summed E-state index contributed by atoms with van der Waals surface area (Å²) >= 11 is 1.51. The molecule has 10 heteroatoms. The maximum absolute atomic E-state index is 13.2. The van der Waals surface area contributed by atoms with Gasteiger partial charge in [-0.25, -0.2) is 9.78 Å². The molecule has 2 N–H and O–H groups in total. The molecule has 0 bridgehead atoms. The molecule has 218 valence electrons. The van der Waals surface area contributed by atoms with Gasteiger partial charge in [0.1, 0.15) is 10.5 Å². The molecule has 0 radical (unpaired) electrons. The lowest BCUT2D eigenvalue weighted by molar-refractivity contribution is 0.0785. The SMILES string of the molecule is Cc1csc(CN(C)C(=O)c2cccc(-c3nnc(C(C/C=C/c4ccccc4)(Cc4ccccc4)NC(=O)O)o3)c2)n1. The molecule has 2 amide bonds. The Balaban J connectivity index is 1.45. The number of benzene rings is 3. The van der Waals surface area contributed by atoms with Crippen molar-refractivity contribution in [3.8, 4) is 11.5 Å².